The number of benzene rings is 2. The summed E-state index contributed by atoms with van der Waals surface area (Å²) >= 11 is 0. The second kappa shape index (κ2) is 10.9. The van der Waals surface area contributed by atoms with Crippen LogP contribution in [0.15, 0.2) is 63.7 Å². The molecule has 0 aliphatic carbocycles. The second-order valence-electron chi connectivity index (χ2n) is 7.78. The Morgan fingerprint density at radius 2 is 1.81 bits per heavy atom. The van der Waals surface area contributed by atoms with Crippen LogP contribution in [-0.4, -0.2) is 46.6 Å². The van der Waals surface area contributed by atoms with Gasteiger partial charge in [-0.2, -0.15) is 18.2 Å². The number of aromatic nitrogens is 3. The summed E-state index contributed by atoms with van der Waals surface area (Å²) in [6.45, 7) is 0.159. The van der Waals surface area contributed by atoms with Gasteiger partial charge >= 0.3 is 12.1 Å². The van der Waals surface area contributed by atoms with Crippen molar-refractivity contribution in [2.45, 2.75) is 12.2 Å². The Morgan fingerprint density at radius 3 is 2.44 bits per heavy atom. The highest BCUT2D eigenvalue weighted by atomic mass is 35.5. The maximum Gasteiger partial charge on any atom is 0.471 e. The molecule has 2 aromatic heterocycles. The zero-order valence-corrected chi connectivity index (χ0v) is 19.7. The summed E-state index contributed by atoms with van der Waals surface area (Å²) in [5.74, 6) is -2.28. The highest BCUT2D eigenvalue weighted by molar-refractivity contribution is 5.95. The van der Waals surface area contributed by atoms with Crippen molar-refractivity contribution in [1.29, 1.82) is 0 Å². The van der Waals surface area contributed by atoms with Gasteiger partial charge in [0.15, 0.2) is 0 Å². The fourth-order valence-electron chi connectivity index (χ4n) is 3.26. The lowest BCUT2D eigenvalue weighted by molar-refractivity contribution is -0.159. The van der Waals surface area contributed by atoms with Crippen LogP contribution in [-0.2, 0) is 6.18 Å². The fraction of sp³-hybridized carbons (Fsp3) is 0.217. The molecule has 0 aliphatic rings. The molecule has 2 aromatic carbocycles. The van der Waals surface area contributed by atoms with E-state index in [1.807, 2.05) is 4.90 Å². The Balaban J connectivity index is 0.00000361. The van der Waals surface area contributed by atoms with Gasteiger partial charge in [0.2, 0.25) is 11.7 Å². The van der Waals surface area contributed by atoms with Crippen LogP contribution in [0.5, 0.6) is 0 Å². The number of carbonyl (C=O) groups excluding carboxylic acids is 1. The van der Waals surface area contributed by atoms with E-state index in [9.17, 15) is 22.4 Å². The van der Waals surface area contributed by atoms with Gasteiger partial charge < -0.3 is 14.3 Å². The van der Waals surface area contributed by atoms with Crippen molar-refractivity contribution in [3.63, 3.8) is 0 Å². The highest BCUT2D eigenvalue weighted by Crippen LogP contribution is 2.29. The zero-order chi connectivity index (χ0) is 25.2. The van der Waals surface area contributed by atoms with Crippen LogP contribution in [0.3, 0.4) is 0 Å². The lowest BCUT2D eigenvalue weighted by Crippen LogP contribution is -2.34. The maximum absolute atomic E-state index is 13.2. The fourth-order valence-corrected chi connectivity index (χ4v) is 3.26. The molecule has 0 spiro atoms. The van der Waals surface area contributed by atoms with Gasteiger partial charge in [-0.25, -0.2) is 9.37 Å². The normalized spacial score (nSPS) is 12.3. The van der Waals surface area contributed by atoms with Gasteiger partial charge in [0.05, 0.1) is 11.7 Å². The lowest BCUT2D eigenvalue weighted by atomic mass is 10.1. The Labute approximate surface area is 208 Å². The van der Waals surface area contributed by atoms with Crippen LogP contribution < -0.4 is 5.32 Å². The molecular weight excluding hydrogens is 506 g/mol. The molecule has 190 valence electrons. The van der Waals surface area contributed by atoms with Crippen LogP contribution in [0, 0.1) is 5.82 Å². The number of carbonyl (C=O) groups is 1. The zero-order valence-electron chi connectivity index (χ0n) is 18.9. The molecule has 0 fully saturated rings. The summed E-state index contributed by atoms with van der Waals surface area (Å²) in [5, 5.41) is 6.13. The minimum absolute atomic E-state index is 0. The summed E-state index contributed by atoms with van der Waals surface area (Å²) in [7, 11) is 3.61. The van der Waals surface area contributed by atoms with Gasteiger partial charge in [-0.3, -0.25) is 9.69 Å². The first-order valence-electron chi connectivity index (χ1n) is 10.3. The van der Waals surface area contributed by atoms with Crippen LogP contribution in [0.25, 0.3) is 22.8 Å². The van der Waals surface area contributed by atoms with Crippen molar-refractivity contribution in [3.05, 3.63) is 77.8 Å². The lowest BCUT2D eigenvalue weighted by Gasteiger charge is -2.22. The molecule has 0 saturated heterocycles. The highest BCUT2D eigenvalue weighted by Gasteiger charge is 2.38. The van der Waals surface area contributed by atoms with Crippen LogP contribution >= 0.6 is 12.4 Å². The van der Waals surface area contributed by atoms with E-state index >= 15 is 0 Å². The molecule has 0 radical (unpaired) electrons. The van der Waals surface area contributed by atoms with Crippen molar-refractivity contribution < 1.29 is 31.3 Å². The van der Waals surface area contributed by atoms with Gasteiger partial charge in [-0.05, 0) is 50.5 Å². The minimum Gasteiger partial charge on any atom is -0.444 e. The first kappa shape index (κ1) is 26.8. The molecule has 36 heavy (non-hydrogen) atoms. The van der Waals surface area contributed by atoms with E-state index in [0.29, 0.717) is 17.1 Å². The number of hydrogen-bond donors (Lipinski definition) is 1. The number of hydrogen-bond acceptors (Lipinski definition) is 7. The number of oxazole rings is 1. The molecule has 4 aromatic rings. The molecule has 1 amide bonds. The molecule has 0 aliphatic heterocycles. The van der Waals surface area contributed by atoms with Crippen LogP contribution in [0.1, 0.15) is 28.0 Å². The standard InChI is InChI=1S/C23H19F4N5O3.ClH/c1-32(2)18(17-12-34-21(29-17)13-6-8-16(24)9-7-13)11-28-20(33)15-5-3-4-14(10-15)19-30-22(35-31-19)23(25,26)27;/h3-10,12,18H,11H2,1-2H3,(H,28,33);1H. The molecule has 0 saturated carbocycles. The Hall–Kier alpha value is -3.77. The minimum atomic E-state index is -4.76. The average molecular weight is 526 g/mol. The van der Waals surface area contributed by atoms with Crippen molar-refractivity contribution in [3.8, 4) is 22.8 Å². The first-order valence-corrected chi connectivity index (χ1v) is 10.3. The number of rotatable bonds is 7. The van der Waals surface area contributed by atoms with Gasteiger partial charge in [0.1, 0.15) is 12.1 Å². The summed E-state index contributed by atoms with van der Waals surface area (Å²) in [6.07, 6.45) is -3.30. The van der Waals surface area contributed by atoms with Crippen LogP contribution in [0.2, 0.25) is 0 Å². The van der Waals surface area contributed by atoms with Gasteiger partial charge in [0, 0.05) is 23.2 Å². The van der Waals surface area contributed by atoms with E-state index in [1.54, 1.807) is 26.2 Å². The Bertz CT molecular complexity index is 1320. The third-order valence-corrected chi connectivity index (χ3v) is 5.09. The predicted molar refractivity (Wildman–Crippen MR) is 123 cm³/mol. The van der Waals surface area contributed by atoms with Crippen molar-refractivity contribution >= 4 is 18.3 Å². The van der Waals surface area contributed by atoms with E-state index in [4.69, 9.17) is 4.42 Å². The van der Waals surface area contributed by atoms with E-state index in [2.05, 4.69) is 25.0 Å². The van der Waals surface area contributed by atoms with Crippen molar-refractivity contribution in [2.75, 3.05) is 20.6 Å². The maximum atomic E-state index is 13.2. The molecule has 13 heteroatoms. The van der Waals surface area contributed by atoms with E-state index in [0.717, 1.165) is 0 Å². The number of alkyl halides is 3. The Morgan fingerprint density at radius 1 is 1.08 bits per heavy atom. The number of likely N-dealkylation sites (N-methyl/N-ethyl adjacent to an activating group) is 1. The molecule has 1 N–H and O–H groups in total. The summed E-state index contributed by atoms with van der Waals surface area (Å²) in [6, 6.07) is 11.2. The molecule has 4 rings (SSSR count). The van der Waals surface area contributed by atoms with Crippen LogP contribution in [0.4, 0.5) is 17.6 Å². The summed E-state index contributed by atoms with van der Waals surface area (Å²) < 4.78 is 61.1. The number of nitrogens with zero attached hydrogens (tertiary/aromatic N) is 4. The van der Waals surface area contributed by atoms with Crippen molar-refractivity contribution in [1.82, 2.24) is 25.3 Å². The molecule has 2 heterocycles. The number of nitrogens with one attached hydrogen (secondary N) is 1. The van der Waals surface area contributed by atoms with E-state index in [-0.39, 0.29) is 47.8 Å². The summed E-state index contributed by atoms with van der Waals surface area (Å²) in [5.41, 5.74) is 1.55. The SMILES string of the molecule is CN(C)C(CNC(=O)c1cccc(-c2noc(C(F)(F)F)n2)c1)c1coc(-c2ccc(F)cc2)n1.Cl. The van der Waals surface area contributed by atoms with Gasteiger partial charge in [-0.15, -0.1) is 12.4 Å². The Kier molecular flexibility index (Phi) is 8.10. The largest absolute Gasteiger partial charge is 0.471 e. The number of amides is 1. The number of halogens is 5. The average Bonchev–Trinajstić information content (AvgIpc) is 3.50. The van der Waals surface area contributed by atoms with Gasteiger partial charge in [0.25, 0.3) is 5.91 Å². The van der Waals surface area contributed by atoms with E-state index < -0.39 is 18.0 Å². The van der Waals surface area contributed by atoms with Crippen molar-refractivity contribution in [2.24, 2.45) is 0 Å². The quantitative estimate of drug-likeness (QED) is 0.339. The third kappa shape index (κ3) is 6.07. The van der Waals surface area contributed by atoms with Gasteiger partial charge in [-0.1, -0.05) is 17.3 Å². The third-order valence-electron chi connectivity index (χ3n) is 5.09. The molecule has 1 unspecified atom stereocenters. The molecule has 0 bridgehead atoms. The monoisotopic (exact) mass is 525 g/mol. The topological polar surface area (TPSA) is 97.3 Å². The molecule has 1 atom stereocenters. The second-order valence-corrected chi connectivity index (χ2v) is 7.78. The first-order chi connectivity index (χ1) is 16.6. The summed E-state index contributed by atoms with van der Waals surface area (Å²) in [4.78, 5) is 22.4. The smallest absolute Gasteiger partial charge is 0.444 e. The van der Waals surface area contributed by atoms with E-state index in [1.165, 1.54) is 42.7 Å². The molecule has 8 nitrogen and oxygen atoms in total. The molecular formula is C23H20ClF4N5O3. The predicted octanol–water partition coefficient (Wildman–Crippen LogP) is 5.00.